The van der Waals surface area contributed by atoms with Gasteiger partial charge < -0.3 is 19.7 Å². The Labute approximate surface area is 115 Å². The smallest absolute Gasteiger partial charge is 0.161 e. The Bertz CT molecular complexity index is 403. The van der Waals surface area contributed by atoms with Gasteiger partial charge in [-0.2, -0.15) is 0 Å². The molecule has 1 fully saturated rings. The SMILES string of the molecule is COc1ccc(CN(C)CC2CCCN2)cc1OC. The molecule has 1 N–H and O–H groups in total. The van der Waals surface area contributed by atoms with Crippen LogP contribution in [0.2, 0.25) is 0 Å². The predicted molar refractivity (Wildman–Crippen MR) is 76.9 cm³/mol. The van der Waals surface area contributed by atoms with Crippen LogP contribution in [-0.4, -0.2) is 45.3 Å². The van der Waals surface area contributed by atoms with Gasteiger partial charge in [0.1, 0.15) is 0 Å². The molecule has 106 valence electrons. The normalized spacial score (nSPS) is 18.8. The van der Waals surface area contributed by atoms with Gasteiger partial charge in [0.05, 0.1) is 14.2 Å². The Balaban J connectivity index is 1.94. The molecule has 1 aliphatic heterocycles. The summed E-state index contributed by atoms with van der Waals surface area (Å²) < 4.78 is 10.6. The highest BCUT2D eigenvalue weighted by atomic mass is 16.5. The number of likely N-dealkylation sites (N-methyl/N-ethyl adjacent to an activating group) is 1. The van der Waals surface area contributed by atoms with Crippen molar-refractivity contribution in [3.63, 3.8) is 0 Å². The average molecular weight is 264 g/mol. The van der Waals surface area contributed by atoms with Crippen LogP contribution < -0.4 is 14.8 Å². The first-order chi connectivity index (χ1) is 9.22. The molecule has 1 aromatic carbocycles. The largest absolute Gasteiger partial charge is 0.493 e. The van der Waals surface area contributed by atoms with E-state index in [4.69, 9.17) is 9.47 Å². The molecule has 4 nitrogen and oxygen atoms in total. The van der Waals surface area contributed by atoms with Gasteiger partial charge in [-0.05, 0) is 44.1 Å². The van der Waals surface area contributed by atoms with Crippen molar-refractivity contribution in [1.82, 2.24) is 10.2 Å². The van der Waals surface area contributed by atoms with E-state index in [1.54, 1.807) is 14.2 Å². The van der Waals surface area contributed by atoms with Crippen LogP contribution in [0, 0.1) is 0 Å². The lowest BCUT2D eigenvalue weighted by molar-refractivity contribution is 0.292. The number of nitrogens with one attached hydrogen (secondary N) is 1. The maximum Gasteiger partial charge on any atom is 0.161 e. The van der Waals surface area contributed by atoms with Gasteiger partial charge in [-0.1, -0.05) is 6.07 Å². The van der Waals surface area contributed by atoms with Crippen molar-refractivity contribution in [3.05, 3.63) is 23.8 Å². The molecule has 0 saturated carbocycles. The zero-order chi connectivity index (χ0) is 13.7. The molecule has 1 atom stereocenters. The highest BCUT2D eigenvalue weighted by molar-refractivity contribution is 5.42. The predicted octanol–water partition coefficient (Wildman–Crippen LogP) is 1.89. The van der Waals surface area contributed by atoms with Gasteiger partial charge in [0.2, 0.25) is 0 Å². The van der Waals surface area contributed by atoms with E-state index in [-0.39, 0.29) is 0 Å². The molecule has 1 unspecified atom stereocenters. The van der Waals surface area contributed by atoms with E-state index >= 15 is 0 Å². The molecule has 1 heterocycles. The third-order valence-electron chi connectivity index (χ3n) is 3.59. The van der Waals surface area contributed by atoms with Gasteiger partial charge in [0.15, 0.2) is 11.5 Å². The maximum atomic E-state index is 5.34. The topological polar surface area (TPSA) is 33.7 Å². The quantitative estimate of drug-likeness (QED) is 0.850. The molecule has 19 heavy (non-hydrogen) atoms. The number of nitrogens with zero attached hydrogens (tertiary/aromatic N) is 1. The van der Waals surface area contributed by atoms with Crippen molar-refractivity contribution >= 4 is 0 Å². The molecule has 1 aromatic rings. The fraction of sp³-hybridized carbons (Fsp3) is 0.600. The Morgan fingerprint density at radius 3 is 2.68 bits per heavy atom. The molecule has 0 radical (unpaired) electrons. The Hall–Kier alpha value is -1.26. The Morgan fingerprint density at radius 2 is 2.05 bits per heavy atom. The third-order valence-corrected chi connectivity index (χ3v) is 3.59. The van der Waals surface area contributed by atoms with Gasteiger partial charge in [-0.25, -0.2) is 0 Å². The first kappa shape index (κ1) is 14.2. The number of rotatable bonds is 6. The molecule has 1 aliphatic rings. The lowest BCUT2D eigenvalue weighted by Crippen LogP contribution is -2.34. The van der Waals surface area contributed by atoms with E-state index < -0.39 is 0 Å². The second-order valence-electron chi connectivity index (χ2n) is 5.18. The zero-order valence-corrected chi connectivity index (χ0v) is 12.1. The zero-order valence-electron chi connectivity index (χ0n) is 12.1. The van der Waals surface area contributed by atoms with Crippen molar-refractivity contribution in [2.75, 3.05) is 34.4 Å². The summed E-state index contributed by atoms with van der Waals surface area (Å²) in [5.41, 5.74) is 1.25. The van der Waals surface area contributed by atoms with Crippen LogP contribution in [0.25, 0.3) is 0 Å². The minimum Gasteiger partial charge on any atom is -0.493 e. The molecule has 0 amide bonds. The highest BCUT2D eigenvalue weighted by Gasteiger charge is 2.16. The number of hydrogen-bond donors (Lipinski definition) is 1. The number of benzene rings is 1. The standard InChI is InChI=1S/C15H24N2O2/c1-17(11-13-5-4-8-16-13)10-12-6-7-14(18-2)15(9-12)19-3/h6-7,9,13,16H,4-5,8,10-11H2,1-3H3. The molecule has 0 spiro atoms. The van der Waals surface area contributed by atoms with E-state index in [9.17, 15) is 0 Å². The van der Waals surface area contributed by atoms with E-state index in [0.717, 1.165) is 31.1 Å². The summed E-state index contributed by atoms with van der Waals surface area (Å²) in [4.78, 5) is 2.35. The molecule has 1 saturated heterocycles. The van der Waals surface area contributed by atoms with Crippen LogP contribution in [0.15, 0.2) is 18.2 Å². The van der Waals surface area contributed by atoms with Gasteiger partial charge in [0, 0.05) is 19.1 Å². The van der Waals surface area contributed by atoms with Crippen LogP contribution in [0.3, 0.4) is 0 Å². The summed E-state index contributed by atoms with van der Waals surface area (Å²) in [6, 6.07) is 6.76. The van der Waals surface area contributed by atoms with Gasteiger partial charge in [-0.3, -0.25) is 0 Å². The molecule has 2 rings (SSSR count). The Kier molecular flexibility index (Phi) is 5.05. The lowest BCUT2D eigenvalue weighted by Gasteiger charge is -2.21. The minimum absolute atomic E-state index is 0.644. The summed E-state index contributed by atoms with van der Waals surface area (Å²) in [5.74, 6) is 1.58. The number of hydrogen-bond acceptors (Lipinski definition) is 4. The van der Waals surface area contributed by atoms with Crippen LogP contribution >= 0.6 is 0 Å². The van der Waals surface area contributed by atoms with Crippen LogP contribution in [0.1, 0.15) is 18.4 Å². The van der Waals surface area contributed by atoms with Crippen LogP contribution in [0.5, 0.6) is 11.5 Å². The summed E-state index contributed by atoms with van der Waals surface area (Å²) in [5, 5.41) is 3.53. The van der Waals surface area contributed by atoms with E-state index in [1.807, 2.05) is 6.07 Å². The first-order valence-corrected chi connectivity index (χ1v) is 6.85. The van der Waals surface area contributed by atoms with Crippen molar-refractivity contribution in [3.8, 4) is 11.5 Å². The van der Waals surface area contributed by atoms with Gasteiger partial charge >= 0.3 is 0 Å². The summed E-state index contributed by atoms with van der Waals surface area (Å²) in [6.45, 7) is 3.18. The van der Waals surface area contributed by atoms with E-state index in [2.05, 4.69) is 29.4 Å². The summed E-state index contributed by atoms with van der Waals surface area (Å²) in [6.07, 6.45) is 2.59. The molecular formula is C15H24N2O2. The summed E-state index contributed by atoms with van der Waals surface area (Å²) >= 11 is 0. The fourth-order valence-corrected chi connectivity index (χ4v) is 2.64. The van der Waals surface area contributed by atoms with Crippen LogP contribution in [0.4, 0.5) is 0 Å². The van der Waals surface area contributed by atoms with E-state index in [1.165, 1.54) is 18.4 Å². The molecule has 0 aliphatic carbocycles. The van der Waals surface area contributed by atoms with Crippen molar-refractivity contribution in [2.45, 2.75) is 25.4 Å². The maximum absolute atomic E-state index is 5.34. The van der Waals surface area contributed by atoms with Crippen LogP contribution in [-0.2, 0) is 6.54 Å². The molecule has 0 bridgehead atoms. The third kappa shape index (κ3) is 3.85. The molecule has 0 aromatic heterocycles. The summed E-state index contributed by atoms with van der Waals surface area (Å²) in [7, 11) is 5.50. The van der Waals surface area contributed by atoms with E-state index in [0.29, 0.717) is 6.04 Å². The molecular weight excluding hydrogens is 240 g/mol. The highest BCUT2D eigenvalue weighted by Crippen LogP contribution is 2.27. The second kappa shape index (κ2) is 6.78. The van der Waals surface area contributed by atoms with Crippen molar-refractivity contribution in [2.24, 2.45) is 0 Å². The Morgan fingerprint density at radius 1 is 1.26 bits per heavy atom. The number of ether oxygens (including phenoxy) is 2. The fourth-order valence-electron chi connectivity index (χ4n) is 2.64. The minimum atomic E-state index is 0.644. The average Bonchev–Trinajstić information content (AvgIpc) is 2.91. The molecule has 4 heteroatoms. The van der Waals surface area contributed by atoms with Crippen molar-refractivity contribution in [1.29, 1.82) is 0 Å². The second-order valence-corrected chi connectivity index (χ2v) is 5.18. The van der Waals surface area contributed by atoms with Gasteiger partial charge in [0.25, 0.3) is 0 Å². The first-order valence-electron chi connectivity index (χ1n) is 6.85. The monoisotopic (exact) mass is 264 g/mol. The number of methoxy groups -OCH3 is 2. The van der Waals surface area contributed by atoms with Crippen molar-refractivity contribution < 1.29 is 9.47 Å². The van der Waals surface area contributed by atoms with Gasteiger partial charge in [-0.15, -0.1) is 0 Å². The lowest BCUT2D eigenvalue weighted by atomic mass is 10.1.